The second-order valence-electron chi connectivity index (χ2n) is 9.95. The van der Waals surface area contributed by atoms with E-state index < -0.39 is 23.8 Å². The molecule has 7 N–H and O–H groups in total. The van der Waals surface area contributed by atoms with Crippen LogP contribution in [-0.4, -0.2) is 18.1 Å². The Kier molecular flexibility index (Phi) is 8.58. The highest BCUT2D eigenvalue weighted by Crippen LogP contribution is 2.35. The summed E-state index contributed by atoms with van der Waals surface area (Å²) in [6, 6.07) is 29.6. The number of carbonyl (C=O) groups excluding carboxylic acids is 1. The van der Waals surface area contributed by atoms with Crippen molar-refractivity contribution in [3.63, 3.8) is 0 Å². The van der Waals surface area contributed by atoms with Crippen molar-refractivity contribution < 1.29 is 18.0 Å². The molecule has 216 valence electrons. The third-order valence-electron chi connectivity index (χ3n) is 6.92. The Morgan fingerprint density at radius 2 is 1.60 bits per heavy atom. The number of anilines is 3. The number of carbonyl (C=O) groups is 1. The molecular weight excluding hydrogens is 541 g/mol. The van der Waals surface area contributed by atoms with E-state index in [9.17, 15) is 18.0 Å². The number of nitrogens with zero attached hydrogens (tertiary/aromatic N) is 1. The summed E-state index contributed by atoms with van der Waals surface area (Å²) in [7, 11) is 0. The summed E-state index contributed by atoms with van der Waals surface area (Å²) in [5.74, 6) is -0.627. The number of alkyl halides is 3. The Hall–Kier alpha value is -4.64. The fourth-order valence-electron chi connectivity index (χ4n) is 4.82. The minimum absolute atomic E-state index is 0.172. The number of rotatable bonds is 9. The number of benzene rings is 4. The van der Waals surface area contributed by atoms with Crippen LogP contribution in [0.4, 0.5) is 30.2 Å². The summed E-state index contributed by atoms with van der Waals surface area (Å²) in [6.45, 7) is 0.737. The van der Waals surface area contributed by atoms with Crippen molar-refractivity contribution in [1.29, 1.82) is 0 Å². The third kappa shape index (κ3) is 6.80. The summed E-state index contributed by atoms with van der Waals surface area (Å²) in [5, 5.41) is 7.22. The van der Waals surface area contributed by atoms with E-state index in [-0.39, 0.29) is 18.3 Å². The van der Waals surface area contributed by atoms with Crippen molar-refractivity contribution in [2.24, 2.45) is 5.73 Å². The maximum absolute atomic E-state index is 13.9. The molecule has 5 rings (SSSR count). The lowest BCUT2D eigenvalue weighted by atomic mass is 9.97. The molecule has 1 aliphatic heterocycles. The molecule has 0 saturated carbocycles. The van der Waals surface area contributed by atoms with Gasteiger partial charge in [0.1, 0.15) is 11.7 Å². The molecule has 1 heterocycles. The van der Waals surface area contributed by atoms with E-state index in [4.69, 9.17) is 11.5 Å². The largest absolute Gasteiger partial charge is 0.432 e. The number of nitrogens with two attached hydrogens (primary N) is 2. The SMILES string of the molecule is NCc1cccc(N2NC(C(=O)Nc3cccc(C(NCc4ccc(N)cc4)c4ccccc4)c3)C=C2C(F)(F)F)c1. The standard InChI is InChI=1S/C32H31F3N6O/c33-32(34,35)29-18-28(40-41(29)27-11-4-6-22(16-27)19-36)31(42)39-26-10-5-9-24(17-26)30(23-7-2-1-3-8-23)38-20-21-12-14-25(37)15-13-21/h1-18,28,30,38,40H,19-20,36-37H2,(H,39,42). The van der Waals surface area contributed by atoms with Crippen LogP contribution in [0.1, 0.15) is 28.3 Å². The van der Waals surface area contributed by atoms with Gasteiger partial charge in [-0.15, -0.1) is 0 Å². The number of halogens is 3. The normalized spacial score (nSPS) is 15.8. The molecule has 0 radical (unpaired) electrons. The highest BCUT2D eigenvalue weighted by atomic mass is 19.4. The van der Waals surface area contributed by atoms with E-state index in [1.165, 1.54) is 6.07 Å². The van der Waals surface area contributed by atoms with Crippen LogP contribution in [0.5, 0.6) is 0 Å². The summed E-state index contributed by atoms with van der Waals surface area (Å²) >= 11 is 0. The first-order valence-corrected chi connectivity index (χ1v) is 13.4. The summed E-state index contributed by atoms with van der Waals surface area (Å²) in [6.07, 6.45) is -3.80. The molecule has 0 bridgehead atoms. The first-order valence-electron chi connectivity index (χ1n) is 13.4. The van der Waals surface area contributed by atoms with Gasteiger partial charge in [-0.25, -0.2) is 5.43 Å². The summed E-state index contributed by atoms with van der Waals surface area (Å²) < 4.78 is 41.8. The minimum Gasteiger partial charge on any atom is -0.399 e. The molecule has 4 aromatic rings. The van der Waals surface area contributed by atoms with E-state index in [1.54, 1.807) is 30.3 Å². The van der Waals surface area contributed by atoms with Crippen molar-refractivity contribution in [3.05, 3.63) is 137 Å². The molecular formula is C32H31F3N6O. The van der Waals surface area contributed by atoms with Gasteiger partial charge in [0.25, 0.3) is 0 Å². The van der Waals surface area contributed by atoms with Crippen LogP contribution < -0.4 is 32.5 Å². The molecule has 0 saturated heterocycles. The fourth-order valence-corrected chi connectivity index (χ4v) is 4.82. The van der Waals surface area contributed by atoms with Crippen molar-refractivity contribution in [2.75, 3.05) is 16.1 Å². The number of nitrogens with one attached hydrogen (secondary N) is 3. The van der Waals surface area contributed by atoms with E-state index >= 15 is 0 Å². The van der Waals surface area contributed by atoms with Gasteiger partial charge in [-0.3, -0.25) is 9.80 Å². The maximum Gasteiger partial charge on any atom is 0.432 e. The minimum atomic E-state index is -4.68. The Labute approximate surface area is 242 Å². The van der Waals surface area contributed by atoms with Gasteiger partial charge < -0.3 is 22.1 Å². The topological polar surface area (TPSA) is 108 Å². The van der Waals surface area contributed by atoms with Gasteiger partial charge >= 0.3 is 6.18 Å². The number of hydrazine groups is 1. The van der Waals surface area contributed by atoms with E-state index in [0.717, 1.165) is 27.8 Å². The van der Waals surface area contributed by atoms with Gasteiger partial charge in [0.15, 0.2) is 0 Å². The van der Waals surface area contributed by atoms with Crippen LogP contribution >= 0.6 is 0 Å². The van der Waals surface area contributed by atoms with Crippen LogP contribution in [0.3, 0.4) is 0 Å². The van der Waals surface area contributed by atoms with E-state index in [2.05, 4.69) is 16.1 Å². The number of hydrogen-bond acceptors (Lipinski definition) is 6. The Bertz CT molecular complexity index is 1560. The molecule has 4 aromatic carbocycles. The summed E-state index contributed by atoms with van der Waals surface area (Å²) in [4.78, 5) is 13.2. The molecule has 0 fully saturated rings. The number of hydrogen-bond donors (Lipinski definition) is 5. The first kappa shape index (κ1) is 28.9. The average Bonchev–Trinajstić information content (AvgIpc) is 3.46. The van der Waals surface area contributed by atoms with Gasteiger partial charge in [-0.2, -0.15) is 13.2 Å². The number of amides is 1. The van der Waals surface area contributed by atoms with Gasteiger partial charge in [0.05, 0.1) is 11.7 Å². The highest BCUT2D eigenvalue weighted by molar-refractivity contribution is 5.97. The molecule has 0 aliphatic carbocycles. The number of allylic oxidation sites excluding steroid dienone is 1. The Balaban J connectivity index is 1.35. The third-order valence-corrected chi connectivity index (χ3v) is 6.92. The van der Waals surface area contributed by atoms with Crippen molar-refractivity contribution in [2.45, 2.75) is 31.3 Å². The molecule has 42 heavy (non-hydrogen) atoms. The van der Waals surface area contributed by atoms with Crippen LogP contribution in [-0.2, 0) is 17.9 Å². The zero-order valence-corrected chi connectivity index (χ0v) is 22.6. The van der Waals surface area contributed by atoms with E-state index in [0.29, 0.717) is 23.5 Å². The van der Waals surface area contributed by atoms with Gasteiger partial charge in [-0.05, 0) is 64.7 Å². The van der Waals surface area contributed by atoms with Crippen LogP contribution in [0.15, 0.2) is 115 Å². The molecule has 10 heteroatoms. The van der Waals surface area contributed by atoms with Crippen LogP contribution in [0.25, 0.3) is 0 Å². The Morgan fingerprint density at radius 3 is 2.31 bits per heavy atom. The van der Waals surface area contributed by atoms with Gasteiger partial charge in [0.2, 0.25) is 5.91 Å². The number of nitrogen functional groups attached to an aromatic ring is 1. The molecule has 7 nitrogen and oxygen atoms in total. The monoisotopic (exact) mass is 572 g/mol. The van der Waals surface area contributed by atoms with Gasteiger partial charge in [0, 0.05) is 24.5 Å². The Morgan fingerprint density at radius 1 is 0.881 bits per heavy atom. The van der Waals surface area contributed by atoms with Crippen LogP contribution in [0, 0.1) is 0 Å². The van der Waals surface area contributed by atoms with Crippen molar-refractivity contribution in [1.82, 2.24) is 10.7 Å². The lowest BCUT2D eigenvalue weighted by Gasteiger charge is -2.25. The van der Waals surface area contributed by atoms with Crippen LogP contribution in [0.2, 0.25) is 0 Å². The maximum atomic E-state index is 13.9. The van der Waals surface area contributed by atoms with Crippen molar-refractivity contribution in [3.8, 4) is 0 Å². The lowest BCUT2D eigenvalue weighted by molar-refractivity contribution is -0.117. The van der Waals surface area contributed by atoms with Gasteiger partial charge in [-0.1, -0.05) is 66.7 Å². The van der Waals surface area contributed by atoms with Crippen molar-refractivity contribution >= 4 is 23.0 Å². The molecule has 2 atom stereocenters. The molecule has 2 unspecified atom stereocenters. The lowest BCUT2D eigenvalue weighted by Crippen LogP contribution is -2.45. The smallest absolute Gasteiger partial charge is 0.399 e. The second-order valence-corrected chi connectivity index (χ2v) is 9.95. The predicted molar refractivity (Wildman–Crippen MR) is 159 cm³/mol. The fraction of sp³-hybridized carbons (Fsp3) is 0.156. The van der Waals surface area contributed by atoms with E-state index in [1.807, 2.05) is 66.7 Å². The molecule has 0 aromatic heterocycles. The molecule has 1 aliphatic rings. The molecule has 1 amide bonds. The average molecular weight is 573 g/mol. The predicted octanol–water partition coefficient (Wildman–Crippen LogP) is 5.38. The second kappa shape index (κ2) is 12.5. The highest BCUT2D eigenvalue weighted by Gasteiger charge is 2.44. The summed E-state index contributed by atoms with van der Waals surface area (Å²) in [5.41, 5.74) is 18.2. The first-order chi connectivity index (χ1) is 20.2. The quantitative estimate of drug-likeness (QED) is 0.172. The molecule has 0 spiro atoms. The zero-order chi connectivity index (χ0) is 29.7. The zero-order valence-electron chi connectivity index (χ0n) is 22.6.